The van der Waals surface area contributed by atoms with Gasteiger partial charge >= 0.3 is 0 Å². The number of alkyl halides is 1. The first-order chi connectivity index (χ1) is 8.24. The fourth-order valence-corrected chi connectivity index (χ4v) is 2.73. The maximum Gasteiger partial charge on any atom is 0.273 e. The molecule has 3 nitrogen and oxygen atoms in total. The summed E-state index contributed by atoms with van der Waals surface area (Å²) in [6, 6.07) is 4.07. The standard InChI is InChI=1S/C12H14Br2N2O/c13-6-8-16(9-3-1-4-9)12(17)11-10(14)5-2-7-15-11/h2,5,7,9H,1,3-4,6,8H2. The van der Waals surface area contributed by atoms with Crippen molar-refractivity contribution in [1.29, 1.82) is 0 Å². The molecular weight excluding hydrogens is 348 g/mol. The summed E-state index contributed by atoms with van der Waals surface area (Å²) in [5.41, 5.74) is 0.514. The van der Waals surface area contributed by atoms with Crippen LogP contribution in [0.5, 0.6) is 0 Å². The molecule has 1 aliphatic carbocycles. The van der Waals surface area contributed by atoms with Gasteiger partial charge in [0.2, 0.25) is 0 Å². The Kier molecular flexibility index (Phi) is 4.56. The zero-order chi connectivity index (χ0) is 12.3. The average molecular weight is 362 g/mol. The Balaban J connectivity index is 2.18. The van der Waals surface area contributed by atoms with Crippen LogP contribution >= 0.6 is 31.9 Å². The highest BCUT2D eigenvalue weighted by Crippen LogP contribution is 2.27. The third kappa shape index (κ3) is 2.88. The maximum atomic E-state index is 12.4. The first-order valence-corrected chi connectivity index (χ1v) is 7.63. The molecule has 1 amide bonds. The minimum absolute atomic E-state index is 0.0293. The molecule has 0 aliphatic heterocycles. The van der Waals surface area contributed by atoms with Gasteiger partial charge in [-0.2, -0.15) is 0 Å². The maximum absolute atomic E-state index is 12.4. The van der Waals surface area contributed by atoms with E-state index in [4.69, 9.17) is 0 Å². The Morgan fingerprint density at radius 2 is 2.29 bits per heavy atom. The van der Waals surface area contributed by atoms with Crippen LogP contribution in [0.1, 0.15) is 29.8 Å². The molecule has 5 heteroatoms. The Labute approximate surface area is 118 Å². The smallest absolute Gasteiger partial charge is 0.273 e. The molecule has 17 heavy (non-hydrogen) atoms. The van der Waals surface area contributed by atoms with Crippen LogP contribution in [-0.2, 0) is 0 Å². The van der Waals surface area contributed by atoms with E-state index >= 15 is 0 Å². The van der Waals surface area contributed by atoms with E-state index in [0.29, 0.717) is 11.7 Å². The van der Waals surface area contributed by atoms with E-state index in [1.807, 2.05) is 17.0 Å². The molecule has 0 atom stereocenters. The van der Waals surface area contributed by atoms with Gasteiger partial charge in [-0.25, -0.2) is 4.98 Å². The number of nitrogens with zero attached hydrogens (tertiary/aromatic N) is 2. The molecule has 0 N–H and O–H groups in total. The molecular formula is C12H14Br2N2O. The topological polar surface area (TPSA) is 33.2 Å². The Morgan fingerprint density at radius 1 is 1.53 bits per heavy atom. The third-order valence-electron chi connectivity index (χ3n) is 3.06. The lowest BCUT2D eigenvalue weighted by Gasteiger charge is -2.37. The van der Waals surface area contributed by atoms with Gasteiger partial charge in [-0.05, 0) is 47.3 Å². The minimum Gasteiger partial charge on any atom is -0.333 e. The van der Waals surface area contributed by atoms with Crippen LogP contribution in [0.2, 0.25) is 0 Å². The molecule has 1 saturated carbocycles. The fourth-order valence-electron chi connectivity index (χ4n) is 1.92. The molecule has 1 aromatic heterocycles. The van der Waals surface area contributed by atoms with E-state index in [0.717, 1.165) is 29.2 Å². The number of rotatable bonds is 4. The Hall–Kier alpha value is -0.420. The average Bonchev–Trinajstić information content (AvgIpc) is 2.26. The van der Waals surface area contributed by atoms with Crippen LogP contribution in [-0.4, -0.2) is 33.7 Å². The highest BCUT2D eigenvalue weighted by molar-refractivity contribution is 9.10. The lowest BCUT2D eigenvalue weighted by atomic mass is 9.91. The first kappa shape index (κ1) is 13.0. The zero-order valence-corrected chi connectivity index (χ0v) is 12.6. The molecule has 0 bridgehead atoms. The molecule has 1 aromatic rings. The largest absolute Gasteiger partial charge is 0.333 e. The second-order valence-electron chi connectivity index (χ2n) is 4.11. The van der Waals surface area contributed by atoms with Gasteiger partial charge in [0.25, 0.3) is 5.91 Å². The number of amides is 1. The summed E-state index contributed by atoms with van der Waals surface area (Å²) < 4.78 is 0.767. The summed E-state index contributed by atoms with van der Waals surface area (Å²) in [5, 5.41) is 0.805. The number of hydrogen-bond acceptors (Lipinski definition) is 2. The lowest BCUT2D eigenvalue weighted by molar-refractivity contribution is 0.0592. The van der Waals surface area contributed by atoms with Crippen LogP contribution in [0.25, 0.3) is 0 Å². The van der Waals surface area contributed by atoms with Gasteiger partial charge in [0, 0.05) is 28.6 Å². The highest BCUT2D eigenvalue weighted by atomic mass is 79.9. The van der Waals surface area contributed by atoms with Gasteiger partial charge in [0.05, 0.1) is 0 Å². The first-order valence-electron chi connectivity index (χ1n) is 5.71. The lowest BCUT2D eigenvalue weighted by Crippen LogP contribution is -2.45. The molecule has 2 rings (SSSR count). The van der Waals surface area contributed by atoms with Gasteiger partial charge in [-0.3, -0.25) is 4.79 Å². The second-order valence-corrected chi connectivity index (χ2v) is 5.75. The fraction of sp³-hybridized carbons (Fsp3) is 0.500. The number of halogens is 2. The van der Waals surface area contributed by atoms with E-state index < -0.39 is 0 Å². The van der Waals surface area contributed by atoms with Gasteiger partial charge in [0.15, 0.2) is 0 Å². The van der Waals surface area contributed by atoms with E-state index in [1.165, 1.54) is 6.42 Å². The van der Waals surface area contributed by atoms with Crippen LogP contribution in [0.3, 0.4) is 0 Å². The molecule has 0 unspecified atom stereocenters. The van der Waals surface area contributed by atoms with Crippen molar-refractivity contribution in [3.05, 3.63) is 28.5 Å². The van der Waals surface area contributed by atoms with Gasteiger partial charge in [-0.1, -0.05) is 15.9 Å². The summed E-state index contributed by atoms with van der Waals surface area (Å²) in [5.74, 6) is 0.0293. The van der Waals surface area contributed by atoms with Crippen molar-refractivity contribution in [2.75, 3.05) is 11.9 Å². The normalized spacial score (nSPS) is 15.4. The van der Waals surface area contributed by atoms with E-state index in [9.17, 15) is 4.79 Å². The molecule has 1 aliphatic rings. The van der Waals surface area contributed by atoms with Gasteiger partial charge < -0.3 is 4.90 Å². The van der Waals surface area contributed by atoms with Crippen LogP contribution in [0.4, 0.5) is 0 Å². The third-order valence-corrected chi connectivity index (χ3v) is 4.06. The van der Waals surface area contributed by atoms with Crippen molar-refractivity contribution in [3.8, 4) is 0 Å². The summed E-state index contributed by atoms with van der Waals surface area (Å²) in [6.07, 6.45) is 5.11. The van der Waals surface area contributed by atoms with E-state index in [1.54, 1.807) is 6.20 Å². The number of carbonyl (C=O) groups excluding carboxylic acids is 1. The summed E-state index contributed by atoms with van der Waals surface area (Å²) >= 11 is 6.79. The SMILES string of the molecule is O=C(c1ncccc1Br)N(CCBr)C1CCC1. The molecule has 0 saturated heterocycles. The van der Waals surface area contributed by atoms with E-state index in [-0.39, 0.29) is 5.91 Å². The van der Waals surface area contributed by atoms with Crippen LogP contribution in [0.15, 0.2) is 22.8 Å². The summed E-state index contributed by atoms with van der Waals surface area (Å²) in [6.45, 7) is 0.743. The number of aromatic nitrogens is 1. The van der Waals surface area contributed by atoms with Gasteiger partial charge in [0.1, 0.15) is 5.69 Å². The molecule has 0 aromatic carbocycles. The van der Waals surface area contributed by atoms with Crippen molar-refractivity contribution in [3.63, 3.8) is 0 Å². The molecule has 1 heterocycles. The van der Waals surface area contributed by atoms with Gasteiger partial charge in [-0.15, -0.1) is 0 Å². The number of hydrogen-bond donors (Lipinski definition) is 0. The predicted molar refractivity (Wildman–Crippen MR) is 74.4 cm³/mol. The molecule has 0 radical (unpaired) electrons. The molecule has 1 fully saturated rings. The Morgan fingerprint density at radius 3 is 2.82 bits per heavy atom. The number of pyridine rings is 1. The van der Waals surface area contributed by atoms with Crippen molar-refractivity contribution in [1.82, 2.24) is 9.88 Å². The molecule has 0 spiro atoms. The van der Waals surface area contributed by atoms with Crippen LogP contribution < -0.4 is 0 Å². The molecule has 92 valence electrons. The zero-order valence-electron chi connectivity index (χ0n) is 9.40. The van der Waals surface area contributed by atoms with Crippen LogP contribution in [0, 0.1) is 0 Å². The summed E-state index contributed by atoms with van der Waals surface area (Å²) in [4.78, 5) is 18.5. The van der Waals surface area contributed by atoms with Crippen molar-refractivity contribution < 1.29 is 4.79 Å². The van der Waals surface area contributed by atoms with Crippen molar-refractivity contribution >= 4 is 37.8 Å². The Bertz CT molecular complexity index is 407. The second kappa shape index (κ2) is 5.96. The van der Waals surface area contributed by atoms with Crippen molar-refractivity contribution in [2.24, 2.45) is 0 Å². The minimum atomic E-state index is 0.0293. The highest BCUT2D eigenvalue weighted by Gasteiger charge is 2.30. The summed E-state index contributed by atoms with van der Waals surface area (Å²) in [7, 11) is 0. The van der Waals surface area contributed by atoms with E-state index in [2.05, 4.69) is 36.8 Å². The number of carbonyl (C=O) groups is 1. The quantitative estimate of drug-likeness (QED) is 0.771. The van der Waals surface area contributed by atoms with Crippen molar-refractivity contribution in [2.45, 2.75) is 25.3 Å². The monoisotopic (exact) mass is 360 g/mol. The predicted octanol–water partition coefficient (Wildman–Crippen LogP) is 3.23.